The van der Waals surface area contributed by atoms with Gasteiger partial charge in [-0.1, -0.05) is 60.7 Å². The summed E-state index contributed by atoms with van der Waals surface area (Å²) in [7, 11) is 0. The normalized spacial score (nSPS) is 12.8. The highest BCUT2D eigenvalue weighted by molar-refractivity contribution is 5.92. The van der Waals surface area contributed by atoms with Crippen LogP contribution in [0.25, 0.3) is 0 Å². The molecular weight excluding hydrogens is 388 g/mol. The van der Waals surface area contributed by atoms with Crippen molar-refractivity contribution in [3.05, 3.63) is 119 Å². The van der Waals surface area contributed by atoms with Gasteiger partial charge in [-0.15, -0.1) is 0 Å². The summed E-state index contributed by atoms with van der Waals surface area (Å²) in [5, 5.41) is 3.03. The van der Waals surface area contributed by atoms with E-state index in [0.29, 0.717) is 12.3 Å². The van der Waals surface area contributed by atoms with Crippen molar-refractivity contribution in [3.8, 4) is 0 Å². The molecule has 0 saturated carbocycles. The van der Waals surface area contributed by atoms with Crippen LogP contribution in [0, 0.1) is 6.92 Å². The van der Waals surface area contributed by atoms with E-state index in [1.54, 1.807) is 6.20 Å². The summed E-state index contributed by atoms with van der Waals surface area (Å²) in [6, 6.07) is 22.6. The average molecular weight is 412 g/mol. The lowest BCUT2D eigenvalue weighted by molar-refractivity contribution is 0.0937. The zero-order valence-electron chi connectivity index (χ0n) is 17.2. The summed E-state index contributed by atoms with van der Waals surface area (Å²) in [6.07, 6.45) is 3.66. The second-order valence-electron chi connectivity index (χ2n) is 7.44. The number of hydrogen-bond acceptors (Lipinski definition) is 5. The van der Waals surface area contributed by atoms with Crippen LogP contribution in [0.5, 0.6) is 0 Å². The Hall–Kier alpha value is -3.77. The van der Waals surface area contributed by atoms with E-state index in [0.717, 1.165) is 22.4 Å². The number of carbonyl (C=O) groups excluding carboxylic acids is 1. The summed E-state index contributed by atoms with van der Waals surface area (Å²) in [5.74, 6) is -0.0157. The molecular formula is C25H24N4O2. The lowest BCUT2D eigenvalue weighted by atomic mass is 10.0. The van der Waals surface area contributed by atoms with Gasteiger partial charge in [0.15, 0.2) is 5.69 Å². The van der Waals surface area contributed by atoms with E-state index in [4.69, 9.17) is 10.2 Å². The third-order valence-corrected chi connectivity index (χ3v) is 5.01. The largest absolute Gasteiger partial charge is 0.446 e. The first-order valence-corrected chi connectivity index (χ1v) is 10.1. The smallest absolute Gasteiger partial charge is 0.274 e. The van der Waals surface area contributed by atoms with Crippen LogP contribution in [0.15, 0.2) is 89.7 Å². The van der Waals surface area contributed by atoms with Gasteiger partial charge in [0, 0.05) is 6.20 Å². The van der Waals surface area contributed by atoms with Gasteiger partial charge in [0.2, 0.25) is 5.89 Å². The molecule has 0 spiro atoms. The minimum atomic E-state index is -0.438. The fraction of sp³-hybridized carbons (Fsp3) is 0.160. The molecule has 0 aliphatic carbocycles. The number of hydrogen-bond donors (Lipinski definition) is 2. The highest BCUT2D eigenvalue weighted by atomic mass is 16.3. The number of oxazole rings is 1. The maximum Gasteiger partial charge on any atom is 0.274 e. The van der Waals surface area contributed by atoms with Crippen molar-refractivity contribution in [2.45, 2.75) is 25.4 Å². The Balaban J connectivity index is 1.53. The van der Waals surface area contributed by atoms with Crippen molar-refractivity contribution in [2.24, 2.45) is 5.73 Å². The van der Waals surface area contributed by atoms with E-state index in [1.165, 1.54) is 6.26 Å². The summed E-state index contributed by atoms with van der Waals surface area (Å²) in [4.78, 5) is 21.8. The Morgan fingerprint density at radius 1 is 1.06 bits per heavy atom. The van der Waals surface area contributed by atoms with Gasteiger partial charge < -0.3 is 15.5 Å². The number of rotatable bonds is 7. The summed E-state index contributed by atoms with van der Waals surface area (Å²) in [5.41, 5.74) is 10.3. The molecule has 0 fully saturated rings. The topological polar surface area (TPSA) is 94.0 Å². The summed E-state index contributed by atoms with van der Waals surface area (Å²) in [6.45, 7) is 1.99. The molecule has 0 aliphatic heterocycles. The zero-order chi connectivity index (χ0) is 21.6. The number of amides is 1. The van der Waals surface area contributed by atoms with Gasteiger partial charge in [0.1, 0.15) is 6.26 Å². The molecule has 4 aromatic rings. The molecule has 2 atom stereocenters. The number of pyridine rings is 1. The summed E-state index contributed by atoms with van der Waals surface area (Å²) >= 11 is 0. The number of aryl methyl sites for hydroxylation is 1. The van der Waals surface area contributed by atoms with Gasteiger partial charge in [-0.25, -0.2) is 4.98 Å². The van der Waals surface area contributed by atoms with Gasteiger partial charge in [-0.3, -0.25) is 9.78 Å². The van der Waals surface area contributed by atoms with E-state index < -0.39 is 12.1 Å². The van der Waals surface area contributed by atoms with Gasteiger partial charge in [0.05, 0.1) is 17.8 Å². The molecule has 4 rings (SSSR count). The molecule has 0 aliphatic rings. The molecule has 31 heavy (non-hydrogen) atoms. The van der Waals surface area contributed by atoms with Crippen molar-refractivity contribution in [3.63, 3.8) is 0 Å². The Morgan fingerprint density at radius 3 is 2.48 bits per heavy atom. The van der Waals surface area contributed by atoms with Crippen LogP contribution >= 0.6 is 0 Å². The lowest BCUT2D eigenvalue weighted by Crippen LogP contribution is -2.30. The highest BCUT2D eigenvalue weighted by Crippen LogP contribution is 2.22. The maximum atomic E-state index is 13.0. The second kappa shape index (κ2) is 9.36. The van der Waals surface area contributed by atoms with Crippen LogP contribution in [0.1, 0.15) is 50.8 Å². The van der Waals surface area contributed by atoms with Gasteiger partial charge in [0.25, 0.3) is 5.91 Å². The number of nitrogens with zero attached hydrogens (tertiary/aromatic N) is 2. The van der Waals surface area contributed by atoms with Crippen molar-refractivity contribution in [2.75, 3.05) is 0 Å². The van der Waals surface area contributed by atoms with Crippen LogP contribution < -0.4 is 11.1 Å². The molecule has 2 heterocycles. The number of carbonyl (C=O) groups is 1. The first kappa shape index (κ1) is 20.5. The minimum absolute atomic E-state index is 0.187. The van der Waals surface area contributed by atoms with Gasteiger partial charge in [-0.05, 0) is 42.2 Å². The van der Waals surface area contributed by atoms with E-state index in [-0.39, 0.29) is 11.6 Å². The fourth-order valence-electron chi connectivity index (χ4n) is 3.41. The predicted molar refractivity (Wildman–Crippen MR) is 118 cm³/mol. The SMILES string of the molecule is Cc1ccnc(C(NC(=O)c2coc(C(N)Cc3ccccc3)n2)c2ccccc2)c1. The van der Waals surface area contributed by atoms with Crippen LogP contribution in [-0.2, 0) is 6.42 Å². The monoisotopic (exact) mass is 412 g/mol. The predicted octanol–water partition coefficient (Wildman–Crippen LogP) is 4.14. The third-order valence-electron chi connectivity index (χ3n) is 5.01. The molecule has 6 nitrogen and oxygen atoms in total. The van der Waals surface area contributed by atoms with E-state index in [1.807, 2.05) is 79.7 Å². The Labute approximate surface area is 181 Å². The number of nitrogens with one attached hydrogen (secondary N) is 1. The number of aromatic nitrogens is 2. The molecule has 2 aromatic carbocycles. The van der Waals surface area contributed by atoms with Crippen molar-refractivity contribution >= 4 is 5.91 Å². The molecule has 0 saturated heterocycles. The maximum absolute atomic E-state index is 13.0. The zero-order valence-corrected chi connectivity index (χ0v) is 17.2. The van der Waals surface area contributed by atoms with E-state index >= 15 is 0 Å². The minimum Gasteiger partial charge on any atom is -0.446 e. The Morgan fingerprint density at radius 2 is 1.77 bits per heavy atom. The van der Waals surface area contributed by atoms with E-state index in [9.17, 15) is 4.79 Å². The fourth-order valence-corrected chi connectivity index (χ4v) is 3.41. The molecule has 156 valence electrons. The number of benzene rings is 2. The average Bonchev–Trinajstić information content (AvgIpc) is 3.29. The highest BCUT2D eigenvalue weighted by Gasteiger charge is 2.22. The molecule has 2 aromatic heterocycles. The Bertz CT molecular complexity index is 1140. The van der Waals surface area contributed by atoms with Crippen molar-refractivity contribution < 1.29 is 9.21 Å². The molecule has 0 bridgehead atoms. The number of nitrogens with two attached hydrogens (primary N) is 1. The molecule has 2 unspecified atom stereocenters. The van der Waals surface area contributed by atoms with Crippen LogP contribution in [0.4, 0.5) is 0 Å². The van der Waals surface area contributed by atoms with E-state index in [2.05, 4.69) is 15.3 Å². The van der Waals surface area contributed by atoms with Crippen molar-refractivity contribution in [1.82, 2.24) is 15.3 Å². The third kappa shape index (κ3) is 5.05. The van der Waals surface area contributed by atoms with Gasteiger partial charge in [-0.2, -0.15) is 0 Å². The standard InChI is InChI=1S/C25H24N4O2/c1-17-12-13-27-21(14-17)23(19-10-6-3-7-11-19)29-24(30)22-16-31-25(28-22)20(26)15-18-8-4-2-5-9-18/h2-14,16,20,23H,15,26H2,1H3,(H,29,30). The molecule has 3 N–H and O–H groups in total. The lowest BCUT2D eigenvalue weighted by Gasteiger charge is -2.18. The van der Waals surface area contributed by atoms with Crippen LogP contribution in [0.3, 0.4) is 0 Å². The Kier molecular flexibility index (Phi) is 6.19. The van der Waals surface area contributed by atoms with Crippen LogP contribution in [0.2, 0.25) is 0 Å². The van der Waals surface area contributed by atoms with Gasteiger partial charge >= 0.3 is 0 Å². The second-order valence-corrected chi connectivity index (χ2v) is 7.44. The molecule has 1 amide bonds. The molecule has 0 radical (unpaired) electrons. The first-order chi connectivity index (χ1) is 15.1. The van der Waals surface area contributed by atoms with Crippen LogP contribution in [-0.4, -0.2) is 15.9 Å². The molecule has 6 heteroatoms. The quantitative estimate of drug-likeness (QED) is 0.476. The first-order valence-electron chi connectivity index (χ1n) is 10.1. The summed E-state index contributed by atoms with van der Waals surface area (Å²) < 4.78 is 5.52. The van der Waals surface area contributed by atoms with Crippen molar-refractivity contribution in [1.29, 1.82) is 0 Å².